The molecule has 1 nitrogen and oxygen atoms in total. The van der Waals surface area contributed by atoms with Crippen LogP contribution in [-0.4, -0.2) is 14.4 Å². The van der Waals surface area contributed by atoms with E-state index in [9.17, 15) is 0 Å². The first-order valence-corrected chi connectivity index (χ1v) is 9.23. The van der Waals surface area contributed by atoms with E-state index in [0.29, 0.717) is 0 Å². The van der Waals surface area contributed by atoms with Crippen LogP contribution >= 0.6 is 0 Å². The van der Waals surface area contributed by atoms with E-state index in [1.807, 2.05) is 0 Å². The first-order valence-electron chi connectivity index (χ1n) is 6.26. The molecular formula is C15H24OSi. The molecule has 0 aliphatic rings. The standard InChI is InChI=1S/C15H24OSi/c1-12(11-17(5)6)13-7-9-14(10-8-13)16-15(2,3)4/h7-11,17H,1-6H3. The van der Waals surface area contributed by atoms with Gasteiger partial charge in [0.1, 0.15) is 11.4 Å². The van der Waals surface area contributed by atoms with Crippen LogP contribution in [0.2, 0.25) is 13.1 Å². The zero-order chi connectivity index (χ0) is 13.1. The number of hydrogen-bond donors (Lipinski definition) is 0. The van der Waals surface area contributed by atoms with Crippen LogP contribution in [-0.2, 0) is 0 Å². The highest BCUT2D eigenvalue weighted by Gasteiger charge is 2.11. The average Bonchev–Trinajstić information content (AvgIpc) is 2.15. The van der Waals surface area contributed by atoms with Gasteiger partial charge in [-0.1, -0.05) is 36.5 Å². The predicted molar refractivity (Wildman–Crippen MR) is 79.4 cm³/mol. The van der Waals surface area contributed by atoms with Crippen LogP contribution in [0, 0.1) is 0 Å². The zero-order valence-corrected chi connectivity index (χ0v) is 13.0. The Morgan fingerprint density at radius 1 is 1.12 bits per heavy atom. The number of hydrogen-bond acceptors (Lipinski definition) is 1. The van der Waals surface area contributed by atoms with Gasteiger partial charge in [0, 0.05) is 0 Å². The first-order chi connectivity index (χ1) is 7.78. The highest BCUT2D eigenvalue weighted by atomic mass is 28.3. The molecule has 0 fully saturated rings. The van der Waals surface area contributed by atoms with Crippen molar-refractivity contribution in [3.63, 3.8) is 0 Å². The molecule has 0 N–H and O–H groups in total. The topological polar surface area (TPSA) is 9.23 Å². The van der Waals surface area contributed by atoms with Gasteiger partial charge in [-0.3, -0.25) is 0 Å². The van der Waals surface area contributed by atoms with Gasteiger partial charge in [0.2, 0.25) is 0 Å². The van der Waals surface area contributed by atoms with E-state index in [-0.39, 0.29) is 5.60 Å². The van der Waals surface area contributed by atoms with Gasteiger partial charge < -0.3 is 4.74 Å². The minimum Gasteiger partial charge on any atom is -0.488 e. The molecule has 0 bridgehead atoms. The Bertz CT molecular complexity index is 382. The second-order valence-electron chi connectivity index (χ2n) is 5.83. The molecule has 0 spiro atoms. The minimum atomic E-state index is -0.638. The monoisotopic (exact) mass is 248 g/mol. The van der Waals surface area contributed by atoms with Gasteiger partial charge in [-0.2, -0.15) is 0 Å². The number of ether oxygens (including phenoxy) is 1. The van der Waals surface area contributed by atoms with Crippen LogP contribution in [0.15, 0.2) is 30.0 Å². The second kappa shape index (κ2) is 5.54. The second-order valence-corrected chi connectivity index (χ2v) is 8.65. The quantitative estimate of drug-likeness (QED) is 0.725. The summed E-state index contributed by atoms with van der Waals surface area (Å²) in [5, 5.41) is 0. The summed E-state index contributed by atoms with van der Waals surface area (Å²) in [6, 6.07) is 8.40. The molecular weight excluding hydrogens is 224 g/mol. The van der Waals surface area contributed by atoms with Crippen LogP contribution in [0.5, 0.6) is 5.75 Å². The Morgan fingerprint density at radius 2 is 1.65 bits per heavy atom. The van der Waals surface area contributed by atoms with E-state index in [0.717, 1.165) is 5.75 Å². The van der Waals surface area contributed by atoms with Crippen molar-refractivity contribution in [1.29, 1.82) is 0 Å². The average molecular weight is 248 g/mol. The third-order valence-electron chi connectivity index (χ3n) is 2.32. The Morgan fingerprint density at radius 3 is 2.06 bits per heavy atom. The fourth-order valence-corrected chi connectivity index (χ4v) is 2.93. The molecule has 0 saturated heterocycles. The molecule has 0 atom stereocenters. The van der Waals surface area contributed by atoms with Gasteiger partial charge in [0.25, 0.3) is 0 Å². The summed E-state index contributed by atoms with van der Waals surface area (Å²) < 4.78 is 5.81. The maximum absolute atomic E-state index is 5.81. The molecule has 0 radical (unpaired) electrons. The van der Waals surface area contributed by atoms with Crippen LogP contribution in [0.3, 0.4) is 0 Å². The fraction of sp³-hybridized carbons (Fsp3) is 0.467. The lowest BCUT2D eigenvalue weighted by atomic mass is 10.1. The summed E-state index contributed by atoms with van der Waals surface area (Å²) in [6.07, 6.45) is 0. The number of rotatable bonds is 3. The van der Waals surface area contributed by atoms with Crippen LogP contribution in [0.4, 0.5) is 0 Å². The first kappa shape index (κ1) is 14.0. The third-order valence-corrected chi connectivity index (χ3v) is 3.48. The molecule has 0 saturated carbocycles. The lowest BCUT2D eigenvalue weighted by Crippen LogP contribution is -2.22. The van der Waals surface area contributed by atoms with Gasteiger partial charge >= 0.3 is 0 Å². The summed E-state index contributed by atoms with van der Waals surface area (Å²) in [7, 11) is -0.638. The van der Waals surface area contributed by atoms with Crippen molar-refractivity contribution in [2.45, 2.75) is 46.4 Å². The van der Waals surface area contributed by atoms with Gasteiger partial charge in [-0.15, -0.1) is 0 Å². The molecule has 1 aromatic carbocycles. The molecule has 2 heteroatoms. The predicted octanol–water partition coefficient (Wildman–Crippen LogP) is 4.29. The van der Waals surface area contributed by atoms with Crippen molar-refractivity contribution in [2.75, 3.05) is 0 Å². The zero-order valence-electron chi connectivity index (χ0n) is 11.9. The van der Waals surface area contributed by atoms with Crippen LogP contribution < -0.4 is 4.74 Å². The minimum absolute atomic E-state index is 0.128. The molecule has 17 heavy (non-hydrogen) atoms. The Balaban J connectivity index is 2.82. The highest BCUT2D eigenvalue weighted by molar-refractivity contribution is 6.62. The van der Waals surface area contributed by atoms with E-state index < -0.39 is 8.80 Å². The molecule has 0 aromatic heterocycles. The Hall–Kier alpha value is -1.02. The summed E-state index contributed by atoms with van der Waals surface area (Å²) in [5.41, 5.74) is 4.97. The maximum atomic E-state index is 5.81. The van der Waals surface area contributed by atoms with Crippen molar-refractivity contribution < 1.29 is 4.74 Å². The van der Waals surface area contributed by atoms with Crippen LogP contribution in [0.25, 0.3) is 5.57 Å². The molecule has 0 unspecified atom stereocenters. The van der Waals surface area contributed by atoms with Crippen molar-refractivity contribution in [3.8, 4) is 5.75 Å². The van der Waals surface area contributed by atoms with E-state index in [4.69, 9.17) is 4.74 Å². The number of allylic oxidation sites excluding steroid dienone is 1. The van der Waals surface area contributed by atoms with Gasteiger partial charge in [-0.05, 0) is 45.4 Å². The largest absolute Gasteiger partial charge is 0.488 e. The SMILES string of the molecule is CC(=C[SiH](C)C)c1ccc(OC(C)(C)C)cc1. The van der Waals surface area contributed by atoms with Crippen LogP contribution in [0.1, 0.15) is 33.3 Å². The smallest absolute Gasteiger partial charge is 0.120 e. The fourth-order valence-electron chi connectivity index (χ4n) is 1.74. The molecule has 1 rings (SSSR count). The van der Waals surface area contributed by atoms with E-state index >= 15 is 0 Å². The molecule has 0 amide bonds. The van der Waals surface area contributed by atoms with Gasteiger partial charge in [-0.25, -0.2) is 0 Å². The van der Waals surface area contributed by atoms with Crippen molar-refractivity contribution in [2.24, 2.45) is 0 Å². The van der Waals surface area contributed by atoms with E-state index in [1.165, 1.54) is 11.1 Å². The molecule has 0 aliphatic carbocycles. The molecule has 94 valence electrons. The maximum Gasteiger partial charge on any atom is 0.120 e. The lowest BCUT2D eigenvalue weighted by molar-refractivity contribution is 0.131. The Labute approximate surface area is 107 Å². The van der Waals surface area contributed by atoms with Gasteiger partial charge in [0.15, 0.2) is 0 Å². The highest BCUT2D eigenvalue weighted by Crippen LogP contribution is 2.21. The van der Waals surface area contributed by atoms with Gasteiger partial charge in [0.05, 0.1) is 8.80 Å². The summed E-state index contributed by atoms with van der Waals surface area (Å²) in [6.45, 7) is 13.1. The van der Waals surface area contributed by atoms with Crippen molar-refractivity contribution in [3.05, 3.63) is 35.5 Å². The molecule has 0 aliphatic heterocycles. The summed E-state index contributed by atoms with van der Waals surface area (Å²) in [5.74, 6) is 0.941. The van der Waals surface area contributed by atoms with Crippen molar-refractivity contribution >= 4 is 14.4 Å². The normalized spacial score (nSPS) is 13.0. The number of benzene rings is 1. The summed E-state index contributed by atoms with van der Waals surface area (Å²) in [4.78, 5) is 0. The van der Waals surface area contributed by atoms with E-state index in [2.05, 4.69) is 70.8 Å². The third kappa shape index (κ3) is 5.22. The Kier molecular flexibility index (Phi) is 4.58. The summed E-state index contributed by atoms with van der Waals surface area (Å²) >= 11 is 0. The van der Waals surface area contributed by atoms with E-state index in [1.54, 1.807) is 0 Å². The molecule has 0 heterocycles. The lowest BCUT2D eigenvalue weighted by Gasteiger charge is -2.21. The molecule has 1 aromatic rings. The van der Waals surface area contributed by atoms with Crippen molar-refractivity contribution in [1.82, 2.24) is 0 Å².